The van der Waals surface area contributed by atoms with Gasteiger partial charge < -0.3 is 5.32 Å². The fourth-order valence-electron chi connectivity index (χ4n) is 1.28. The van der Waals surface area contributed by atoms with Gasteiger partial charge in [-0.25, -0.2) is 0 Å². The molecular formula is C14H19NO. The van der Waals surface area contributed by atoms with E-state index in [1.165, 1.54) is 5.56 Å². The Bertz CT molecular complexity index is 341. The van der Waals surface area contributed by atoms with Gasteiger partial charge in [-0.2, -0.15) is 0 Å². The minimum Gasteiger partial charge on any atom is -0.352 e. The van der Waals surface area contributed by atoms with E-state index in [2.05, 4.69) is 31.3 Å². The van der Waals surface area contributed by atoms with Crippen LogP contribution in [0.3, 0.4) is 0 Å². The first-order valence-corrected chi connectivity index (χ1v) is 5.67. The minimum atomic E-state index is -0.00960. The van der Waals surface area contributed by atoms with Crippen molar-refractivity contribution >= 4 is 5.91 Å². The third-order valence-electron chi connectivity index (χ3n) is 2.15. The molecular weight excluding hydrogens is 198 g/mol. The van der Waals surface area contributed by atoms with Gasteiger partial charge in [-0.15, -0.1) is 0 Å². The van der Waals surface area contributed by atoms with Crippen molar-refractivity contribution in [3.63, 3.8) is 0 Å². The van der Waals surface area contributed by atoms with Gasteiger partial charge in [0.05, 0.1) is 0 Å². The van der Waals surface area contributed by atoms with Crippen molar-refractivity contribution in [1.29, 1.82) is 0 Å². The number of allylic oxidation sites excluding steroid dienone is 1. The highest BCUT2D eigenvalue weighted by atomic mass is 16.1. The Kier molecular flexibility index (Phi) is 5.34. The number of hydrogen-bond donors (Lipinski definition) is 1. The van der Waals surface area contributed by atoms with Crippen molar-refractivity contribution < 1.29 is 4.79 Å². The molecule has 0 spiro atoms. The molecule has 2 nitrogen and oxygen atoms in total. The van der Waals surface area contributed by atoms with Crippen LogP contribution in [-0.2, 0) is 11.2 Å². The van der Waals surface area contributed by atoms with Crippen LogP contribution in [0.25, 0.3) is 0 Å². The topological polar surface area (TPSA) is 29.1 Å². The highest BCUT2D eigenvalue weighted by Crippen LogP contribution is 1.99. The lowest BCUT2D eigenvalue weighted by atomic mass is 10.1. The van der Waals surface area contributed by atoms with E-state index in [9.17, 15) is 4.79 Å². The first-order valence-electron chi connectivity index (χ1n) is 5.67. The van der Waals surface area contributed by atoms with Crippen molar-refractivity contribution in [2.45, 2.75) is 20.3 Å². The van der Waals surface area contributed by atoms with E-state index in [1.54, 1.807) is 6.08 Å². The summed E-state index contributed by atoms with van der Waals surface area (Å²) in [5.41, 5.74) is 1.22. The first-order chi connectivity index (χ1) is 7.68. The molecule has 2 heteroatoms. The van der Waals surface area contributed by atoms with Gasteiger partial charge in [-0.3, -0.25) is 4.79 Å². The Balaban J connectivity index is 2.29. The molecule has 0 aromatic heterocycles. The Hall–Kier alpha value is -1.57. The van der Waals surface area contributed by atoms with Gasteiger partial charge in [-0.1, -0.05) is 50.3 Å². The summed E-state index contributed by atoms with van der Waals surface area (Å²) < 4.78 is 0. The summed E-state index contributed by atoms with van der Waals surface area (Å²) in [6.45, 7) is 4.89. The molecule has 0 atom stereocenters. The molecule has 0 radical (unpaired) electrons. The lowest BCUT2D eigenvalue weighted by molar-refractivity contribution is -0.116. The molecule has 0 saturated carbocycles. The number of hydrogen-bond acceptors (Lipinski definition) is 1. The molecule has 1 aromatic carbocycles. The summed E-state index contributed by atoms with van der Waals surface area (Å²) in [7, 11) is 0. The van der Waals surface area contributed by atoms with Gasteiger partial charge in [0.25, 0.3) is 0 Å². The molecule has 0 aliphatic carbocycles. The van der Waals surface area contributed by atoms with Crippen molar-refractivity contribution in [3.8, 4) is 0 Å². The molecule has 1 amide bonds. The molecule has 1 aromatic rings. The predicted octanol–water partition coefficient (Wildman–Crippen LogP) is 2.56. The zero-order valence-electron chi connectivity index (χ0n) is 9.94. The van der Waals surface area contributed by atoms with E-state index in [0.29, 0.717) is 5.92 Å². The number of carbonyl (C=O) groups is 1. The quantitative estimate of drug-likeness (QED) is 0.755. The maximum absolute atomic E-state index is 11.3. The summed E-state index contributed by atoms with van der Waals surface area (Å²) in [6, 6.07) is 10.1. The third-order valence-corrected chi connectivity index (χ3v) is 2.15. The average molecular weight is 217 g/mol. The standard InChI is InChI=1S/C14H19NO/c1-12(2)11-15-14(16)10-6-9-13-7-4-3-5-8-13/h3-8,10,12H,9,11H2,1-2H3,(H,15,16)/b10-6+. The Morgan fingerprint density at radius 1 is 1.31 bits per heavy atom. The normalized spacial score (nSPS) is 10.9. The molecule has 0 heterocycles. The molecule has 0 fully saturated rings. The largest absolute Gasteiger partial charge is 0.352 e. The van der Waals surface area contributed by atoms with Gasteiger partial charge in [0.2, 0.25) is 5.91 Å². The summed E-state index contributed by atoms with van der Waals surface area (Å²) in [4.78, 5) is 11.3. The highest BCUT2D eigenvalue weighted by Gasteiger charge is 1.96. The summed E-state index contributed by atoms with van der Waals surface area (Å²) >= 11 is 0. The van der Waals surface area contributed by atoms with Crippen LogP contribution in [-0.4, -0.2) is 12.5 Å². The minimum absolute atomic E-state index is 0.00960. The first kappa shape index (κ1) is 12.5. The lowest BCUT2D eigenvalue weighted by Gasteiger charge is -2.04. The van der Waals surface area contributed by atoms with Crippen molar-refractivity contribution in [2.75, 3.05) is 6.54 Å². The number of rotatable bonds is 5. The Labute approximate surface area is 97.4 Å². The fraction of sp³-hybridized carbons (Fsp3) is 0.357. The van der Waals surface area contributed by atoms with Crippen LogP contribution in [0.2, 0.25) is 0 Å². The van der Waals surface area contributed by atoms with Gasteiger partial charge in [0.1, 0.15) is 0 Å². The monoisotopic (exact) mass is 217 g/mol. The maximum atomic E-state index is 11.3. The predicted molar refractivity (Wildman–Crippen MR) is 67.1 cm³/mol. The van der Waals surface area contributed by atoms with E-state index in [4.69, 9.17) is 0 Å². The molecule has 1 rings (SSSR count). The van der Waals surface area contributed by atoms with Crippen molar-refractivity contribution in [1.82, 2.24) is 5.32 Å². The second kappa shape index (κ2) is 6.83. The Morgan fingerprint density at radius 3 is 2.62 bits per heavy atom. The molecule has 0 bridgehead atoms. The van der Waals surface area contributed by atoms with Gasteiger partial charge in [0.15, 0.2) is 0 Å². The average Bonchev–Trinajstić information content (AvgIpc) is 2.28. The summed E-state index contributed by atoms with van der Waals surface area (Å²) in [6.07, 6.45) is 4.30. The molecule has 0 aliphatic rings. The van der Waals surface area contributed by atoms with Crippen molar-refractivity contribution in [2.24, 2.45) is 5.92 Å². The molecule has 0 saturated heterocycles. The third kappa shape index (κ3) is 5.35. The van der Waals surface area contributed by atoms with Crippen LogP contribution in [0.4, 0.5) is 0 Å². The molecule has 0 unspecified atom stereocenters. The molecule has 1 N–H and O–H groups in total. The SMILES string of the molecule is CC(C)CNC(=O)/C=C/Cc1ccccc1. The van der Waals surface area contributed by atoms with Crippen LogP contribution in [0.5, 0.6) is 0 Å². The smallest absolute Gasteiger partial charge is 0.243 e. The van der Waals surface area contributed by atoms with Gasteiger partial charge in [-0.05, 0) is 24.0 Å². The second-order valence-corrected chi connectivity index (χ2v) is 4.23. The fourth-order valence-corrected chi connectivity index (χ4v) is 1.28. The number of carbonyl (C=O) groups excluding carboxylic acids is 1. The molecule has 0 aliphatic heterocycles. The van der Waals surface area contributed by atoms with Gasteiger partial charge >= 0.3 is 0 Å². The van der Waals surface area contributed by atoms with Crippen LogP contribution in [0.15, 0.2) is 42.5 Å². The van der Waals surface area contributed by atoms with E-state index in [0.717, 1.165) is 13.0 Å². The molecule has 86 valence electrons. The van der Waals surface area contributed by atoms with Gasteiger partial charge in [0, 0.05) is 6.54 Å². The van der Waals surface area contributed by atoms with Crippen molar-refractivity contribution in [3.05, 3.63) is 48.0 Å². The van der Waals surface area contributed by atoms with Crippen LogP contribution in [0.1, 0.15) is 19.4 Å². The second-order valence-electron chi connectivity index (χ2n) is 4.23. The van der Waals surface area contributed by atoms with E-state index in [1.807, 2.05) is 24.3 Å². The Morgan fingerprint density at radius 2 is 2.00 bits per heavy atom. The van der Waals surface area contributed by atoms with Crippen LogP contribution < -0.4 is 5.32 Å². The lowest BCUT2D eigenvalue weighted by Crippen LogP contribution is -2.25. The number of amides is 1. The highest BCUT2D eigenvalue weighted by molar-refractivity contribution is 5.87. The zero-order chi connectivity index (χ0) is 11.8. The number of nitrogens with one attached hydrogen (secondary N) is 1. The van der Waals surface area contributed by atoms with E-state index >= 15 is 0 Å². The number of benzene rings is 1. The van der Waals surface area contributed by atoms with E-state index in [-0.39, 0.29) is 5.91 Å². The summed E-state index contributed by atoms with van der Waals surface area (Å²) in [5.74, 6) is 0.483. The van der Waals surface area contributed by atoms with E-state index < -0.39 is 0 Å². The summed E-state index contributed by atoms with van der Waals surface area (Å²) in [5, 5.41) is 2.84. The maximum Gasteiger partial charge on any atom is 0.243 e. The molecule has 16 heavy (non-hydrogen) atoms. The van der Waals surface area contributed by atoms with Crippen LogP contribution >= 0.6 is 0 Å². The zero-order valence-corrected chi connectivity index (χ0v) is 9.94. The van der Waals surface area contributed by atoms with Crippen LogP contribution in [0, 0.1) is 5.92 Å².